The Labute approximate surface area is 79.9 Å². The maximum atomic E-state index is 9.37. The molecule has 1 nitrogen and oxygen atoms in total. The molecule has 2 heteroatoms. The molecule has 0 aliphatic carbocycles. The molecule has 1 aromatic rings. The van der Waals surface area contributed by atoms with Crippen LogP contribution >= 0.6 is 22.6 Å². The van der Waals surface area contributed by atoms with E-state index in [1.165, 1.54) is 0 Å². The van der Waals surface area contributed by atoms with Crippen molar-refractivity contribution >= 4 is 22.6 Å². The summed E-state index contributed by atoms with van der Waals surface area (Å²) in [7, 11) is 0. The molecule has 0 amide bonds. The zero-order valence-corrected chi connectivity index (χ0v) is 8.21. The summed E-state index contributed by atoms with van der Waals surface area (Å²) in [4.78, 5) is 0. The second-order valence-electron chi connectivity index (χ2n) is 2.23. The SMILES string of the molecule is C=CCc1c(O)cccc1I. The Hall–Kier alpha value is -0.510. The number of phenolic OH excluding ortho intramolecular Hbond substituents is 1. The second kappa shape index (κ2) is 3.76. The predicted octanol–water partition coefficient (Wildman–Crippen LogP) is 2.73. The number of benzene rings is 1. The molecule has 0 radical (unpaired) electrons. The average Bonchev–Trinajstić information content (AvgIpc) is 1.97. The van der Waals surface area contributed by atoms with Gasteiger partial charge in [0.05, 0.1) is 0 Å². The van der Waals surface area contributed by atoms with Crippen LogP contribution in [0.2, 0.25) is 0 Å². The first kappa shape index (κ1) is 8.59. The van der Waals surface area contributed by atoms with Crippen molar-refractivity contribution in [2.45, 2.75) is 6.42 Å². The van der Waals surface area contributed by atoms with Crippen molar-refractivity contribution in [3.05, 3.63) is 40.0 Å². The molecule has 0 aliphatic heterocycles. The highest BCUT2D eigenvalue weighted by Gasteiger charge is 2.01. The third-order valence-electron chi connectivity index (χ3n) is 1.44. The summed E-state index contributed by atoms with van der Waals surface area (Å²) in [5.41, 5.74) is 0.961. The van der Waals surface area contributed by atoms with Crippen molar-refractivity contribution in [3.63, 3.8) is 0 Å². The van der Waals surface area contributed by atoms with E-state index in [0.29, 0.717) is 5.75 Å². The van der Waals surface area contributed by atoms with Gasteiger partial charge in [0.2, 0.25) is 0 Å². The van der Waals surface area contributed by atoms with E-state index < -0.39 is 0 Å². The van der Waals surface area contributed by atoms with E-state index in [9.17, 15) is 5.11 Å². The zero-order chi connectivity index (χ0) is 8.27. The summed E-state index contributed by atoms with van der Waals surface area (Å²) in [5.74, 6) is 0.358. The summed E-state index contributed by atoms with van der Waals surface area (Å²) < 4.78 is 1.09. The average molecular weight is 260 g/mol. The van der Waals surface area contributed by atoms with Gasteiger partial charge in [-0.15, -0.1) is 6.58 Å². The van der Waals surface area contributed by atoms with Crippen LogP contribution in [-0.2, 0) is 6.42 Å². The highest BCUT2D eigenvalue weighted by atomic mass is 127. The summed E-state index contributed by atoms with van der Waals surface area (Å²) in [6.07, 6.45) is 2.52. The lowest BCUT2D eigenvalue weighted by molar-refractivity contribution is 0.469. The quantitative estimate of drug-likeness (QED) is 0.640. The lowest BCUT2D eigenvalue weighted by Gasteiger charge is -2.02. The van der Waals surface area contributed by atoms with Gasteiger partial charge in [-0.05, 0) is 41.1 Å². The van der Waals surface area contributed by atoms with Crippen LogP contribution in [0.1, 0.15) is 5.56 Å². The van der Waals surface area contributed by atoms with E-state index in [-0.39, 0.29) is 0 Å². The topological polar surface area (TPSA) is 20.2 Å². The second-order valence-corrected chi connectivity index (χ2v) is 3.39. The van der Waals surface area contributed by atoms with Crippen molar-refractivity contribution in [2.24, 2.45) is 0 Å². The van der Waals surface area contributed by atoms with Gasteiger partial charge in [-0.1, -0.05) is 12.1 Å². The zero-order valence-electron chi connectivity index (χ0n) is 6.05. The first-order valence-electron chi connectivity index (χ1n) is 3.33. The Kier molecular flexibility index (Phi) is 2.93. The number of phenols is 1. The summed E-state index contributed by atoms with van der Waals surface area (Å²) in [6, 6.07) is 5.50. The van der Waals surface area contributed by atoms with Gasteiger partial charge in [0, 0.05) is 9.13 Å². The van der Waals surface area contributed by atoms with Crippen LogP contribution in [0.3, 0.4) is 0 Å². The molecule has 0 aromatic heterocycles. The molecule has 0 saturated carbocycles. The number of halogens is 1. The van der Waals surface area contributed by atoms with Crippen LogP contribution in [0.15, 0.2) is 30.9 Å². The highest BCUT2D eigenvalue weighted by molar-refractivity contribution is 14.1. The third kappa shape index (κ3) is 1.96. The van der Waals surface area contributed by atoms with E-state index in [0.717, 1.165) is 15.6 Å². The Balaban J connectivity index is 3.09. The molecule has 0 saturated heterocycles. The van der Waals surface area contributed by atoms with E-state index in [4.69, 9.17) is 0 Å². The first-order valence-corrected chi connectivity index (χ1v) is 4.41. The normalized spacial score (nSPS) is 9.55. The fourth-order valence-corrected chi connectivity index (χ4v) is 1.60. The minimum absolute atomic E-state index is 0.358. The van der Waals surface area contributed by atoms with Crippen LogP contribution in [0, 0.1) is 3.57 Å². The molecule has 11 heavy (non-hydrogen) atoms. The minimum Gasteiger partial charge on any atom is -0.508 e. The van der Waals surface area contributed by atoms with E-state index in [1.54, 1.807) is 12.1 Å². The summed E-state index contributed by atoms with van der Waals surface area (Å²) in [6.45, 7) is 3.62. The smallest absolute Gasteiger partial charge is 0.120 e. The third-order valence-corrected chi connectivity index (χ3v) is 2.45. The van der Waals surface area contributed by atoms with Crippen molar-refractivity contribution in [1.29, 1.82) is 0 Å². The van der Waals surface area contributed by atoms with Crippen LogP contribution in [0.25, 0.3) is 0 Å². The van der Waals surface area contributed by atoms with Crippen LogP contribution < -0.4 is 0 Å². The van der Waals surface area contributed by atoms with Crippen molar-refractivity contribution in [2.75, 3.05) is 0 Å². The number of rotatable bonds is 2. The molecule has 0 aliphatic rings. The molecule has 0 unspecified atom stereocenters. The van der Waals surface area contributed by atoms with Crippen LogP contribution in [-0.4, -0.2) is 5.11 Å². The summed E-state index contributed by atoms with van der Waals surface area (Å²) in [5, 5.41) is 9.37. The van der Waals surface area contributed by atoms with Crippen LogP contribution in [0.5, 0.6) is 5.75 Å². The van der Waals surface area contributed by atoms with E-state index in [2.05, 4.69) is 29.2 Å². The summed E-state index contributed by atoms with van der Waals surface area (Å²) >= 11 is 2.20. The van der Waals surface area contributed by atoms with Gasteiger partial charge in [-0.25, -0.2) is 0 Å². The Bertz CT molecular complexity index is 248. The Morgan fingerprint density at radius 3 is 2.82 bits per heavy atom. The molecule has 0 atom stereocenters. The molecule has 1 N–H and O–H groups in total. The lowest BCUT2D eigenvalue weighted by atomic mass is 10.1. The standard InChI is InChI=1S/C9H9IO/c1-2-4-7-8(10)5-3-6-9(7)11/h2-3,5-6,11H,1,4H2. The van der Waals surface area contributed by atoms with Gasteiger partial charge >= 0.3 is 0 Å². The maximum Gasteiger partial charge on any atom is 0.120 e. The van der Waals surface area contributed by atoms with E-state index >= 15 is 0 Å². The van der Waals surface area contributed by atoms with Gasteiger partial charge in [-0.2, -0.15) is 0 Å². The monoisotopic (exact) mass is 260 g/mol. The number of hydrogen-bond acceptors (Lipinski definition) is 1. The van der Waals surface area contributed by atoms with E-state index in [1.807, 2.05) is 12.1 Å². The van der Waals surface area contributed by atoms with Crippen molar-refractivity contribution in [1.82, 2.24) is 0 Å². The molecule has 0 heterocycles. The fourth-order valence-electron chi connectivity index (χ4n) is 0.894. The molecular formula is C9H9IO. The largest absolute Gasteiger partial charge is 0.508 e. The highest BCUT2D eigenvalue weighted by Crippen LogP contribution is 2.22. The molecule has 0 fully saturated rings. The number of aromatic hydroxyl groups is 1. The molecule has 1 aromatic carbocycles. The number of allylic oxidation sites excluding steroid dienone is 1. The molecule has 1 rings (SSSR count). The fraction of sp³-hybridized carbons (Fsp3) is 0.111. The first-order chi connectivity index (χ1) is 5.25. The molecule has 0 bridgehead atoms. The van der Waals surface area contributed by atoms with Crippen molar-refractivity contribution < 1.29 is 5.11 Å². The predicted molar refractivity (Wildman–Crippen MR) is 54.7 cm³/mol. The van der Waals surface area contributed by atoms with Gasteiger partial charge < -0.3 is 5.11 Å². The Morgan fingerprint density at radius 1 is 1.55 bits per heavy atom. The number of hydrogen-bond donors (Lipinski definition) is 1. The van der Waals surface area contributed by atoms with Gasteiger partial charge in [0.25, 0.3) is 0 Å². The maximum absolute atomic E-state index is 9.37. The lowest BCUT2D eigenvalue weighted by Crippen LogP contribution is -1.86. The Morgan fingerprint density at radius 2 is 2.27 bits per heavy atom. The van der Waals surface area contributed by atoms with Crippen molar-refractivity contribution in [3.8, 4) is 5.75 Å². The molecule has 58 valence electrons. The van der Waals surface area contributed by atoms with Gasteiger partial charge in [0.15, 0.2) is 0 Å². The van der Waals surface area contributed by atoms with Gasteiger partial charge in [-0.3, -0.25) is 0 Å². The van der Waals surface area contributed by atoms with Crippen LogP contribution in [0.4, 0.5) is 0 Å². The molecule has 0 spiro atoms. The van der Waals surface area contributed by atoms with Gasteiger partial charge in [0.1, 0.15) is 5.75 Å². The minimum atomic E-state index is 0.358. The molecular weight excluding hydrogens is 251 g/mol.